The van der Waals surface area contributed by atoms with Crippen molar-refractivity contribution in [3.05, 3.63) is 69.7 Å². The Morgan fingerprint density at radius 1 is 1.10 bits per heavy atom. The summed E-state index contributed by atoms with van der Waals surface area (Å²) in [5.74, 6) is -1.76. The molecule has 1 aliphatic carbocycles. The molecular formula is C29H36Cl2N2O5S. The fraction of sp³-hybridized carbons (Fsp3) is 0.517. The van der Waals surface area contributed by atoms with Crippen LogP contribution in [0, 0.1) is 11.3 Å². The van der Waals surface area contributed by atoms with Gasteiger partial charge in [-0.25, -0.2) is 12.7 Å². The Labute approximate surface area is 241 Å². The van der Waals surface area contributed by atoms with Crippen LogP contribution >= 0.6 is 23.2 Å². The first-order valence-electron chi connectivity index (χ1n) is 13.2. The number of benzene rings is 2. The van der Waals surface area contributed by atoms with Gasteiger partial charge >= 0.3 is 5.97 Å². The number of sulfonamides is 1. The summed E-state index contributed by atoms with van der Waals surface area (Å²) in [6.45, 7) is 5.74. The van der Waals surface area contributed by atoms with Crippen LogP contribution in [-0.2, 0) is 19.6 Å². The predicted octanol–water partition coefficient (Wildman–Crippen LogP) is 5.98. The minimum absolute atomic E-state index is 0.109. The van der Waals surface area contributed by atoms with E-state index in [0.29, 0.717) is 29.3 Å². The third-order valence-corrected chi connectivity index (χ3v) is 10.9. The smallest absolute Gasteiger partial charge is 0.304 e. The molecule has 1 N–H and O–H groups in total. The third-order valence-electron chi connectivity index (χ3n) is 8.08. The molecular weight excluding hydrogens is 559 g/mol. The number of hydrogen-bond acceptors (Lipinski definition) is 4. The highest BCUT2D eigenvalue weighted by Crippen LogP contribution is 2.52. The number of carboxylic acids is 1. The van der Waals surface area contributed by atoms with Gasteiger partial charge in [0.15, 0.2) is 0 Å². The second kappa shape index (κ2) is 11.4. The van der Waals surface area contributed by atoms with Crippen LogP contribution in [0.4, 0.5) is 0 Å². The van der Waals surface area contributed by atoms with Gasteiger partial charge in [-0.2, -0.15) is 0 Å². The maximum Gasteiger partial charge on any atom is 0.304 e. The molecule has 0 spiro atoms. The Hall–Kier alpha value is -2.13. The van der Waals surface area contributed by atoms with Crippen molar-refractivity contribution in [1.29, 1.82) is 0 Å². The molecule has 1 saturated heterocycles. The van der Waals surface area contributed by atoms with Crippen LogP contribution in [0.3, 0.4) is 0 Å². The summed E-state index contributed by atoms with van der Waals surface area (Å²) in [5.41, 5.74) is 0.523. The number of carboxylic acid groups (broad SMARTS) is 1. The van der Waals surface area contributed by atoms with E-state index in [-0.39, 0.29) is 36.0 Å². The quantitative estimate of drug-likeness (QED) is 0.365. The van der Waals surface area contributed by atoms with Crippen LogP contribution in [0.2, 0.25) is 10.0 Å². The van der Waals surface area contributed by atoms with Crippen LogP contribution in [-0.4, -0.2) is 59.5 Å². The highest BCUT2D eigenvalue weighted by molar-refractivity contribution is 7.90. The lowest BCUT2D eigenvalue weighted by molar-refractivity contribution is -0.161. The first-order chi connectivity index (χ1) is 18.2. The maximum atomic E-state index is 14.4. The second-order valence-corrected chi connectivity index (χ2v) is 14.7. The van der Waals surface area contributed by atoms with Gasteiger partial charge in [-0.15, -0.1) is 0 Å². The Bertz CT molecular complexity index is 1330. The van der Waals surface area contributed by atoms with Gasteiger partial charge in [-0.1, -0.05) is 68.2 Å². The zero-order chi connectivity index (χ0) is 28.7. The zero-order valence-corrected chi connectivity index (χ0v) is 25.0. The summed E-state index contributed by atoms with van der Waals surface area (Å²) >= 11 is 12.6. The Kier molecular flexibility index (Phi) is 8.72. The topological polar surface area (TPSA) is 95.0 Å². The molecule has 1 saturated carbocycles. The first kappa shape index (κ1) is 29.8. The molecule has 0 radical (unpaired) electrons. The Balaban J connectivity index is 1.89. The zero-order valence-electron chi connectivity index (χ0n) is 22.7. The molecule has 1 aliphatic heterocycles. The lowest BCUT2D eigenvalue weighted by atomic mass is 9.66. The van der Waals surface area contributed by atoms with Crippen molar-refractivity contribution in [3.8, 4) is 0 Å². The van der Waals surface area contributed by atoms with Crippen LogP contribution in [0.15, 0.2) is 48.5 Å². The van der Waals surface area contributed by atoms with Gasteiger partial charge in [0.1, 0.15) is 0 Å². The number of likely N-dealkylation sites (tertiary alicyclic amines) is 1. The molecule has 0 unspecified atom stereocenters. The normalized spacial score (nSPS) is 24.8. The average molecular weight is 596 g/mol. The van der Waals surface area contributed by atoms with Crippen LogP contribution in [0.1, 0.15) is 69.5 Å². The van der Waals surface area contributed by atoms with E-state index in [0.717, 1.165) is 11.1 Å². The summed E-state index contributed by atoms with van der Waals surface area (Å²) in [6, 6.07) is 13.7. The summed E-state index contributed by atoms with van der Waals surface area (Å²) in [6.07, 6.45) is 1.24. The number of rotatable bonds is 10. The van der Waals surface area contributed by atoms with Gasteiger partial charge in [0.25, 0.3) is 0 Å². The van der Waals surface area contributed by atoms with E-state index in [4.69, 9.17) is 23.2 Å². The van der Waals surface area contributed by atoms with E-state index in [1.54, 1.807) is 37.1 Å². The van der Waals surface area contributed by atoms with Crippen molar-refractivity contribution in [3.63, 3.8) is 0 Å². The standard InChI is InChI=1S/C29H36Cl2N2O5S/c1-18(2)25(17-32(4)39(37,38)23-12-13-23)33-27(19-8-10-21(30)11-9-19)24(20-6-5-7-22(31)14-20)15-29(3,28(33)36)16-26(34)35/h5-11,14,18,23-25,27H,12-13,15-17H2,1-4H3,(H,34,35)/t24-,25-,27-,29-/m1/s1. The number of nitrogens with zero attached hydrogens (tertiary/aromatic N) is 2. The number of amides is 1. The molecule has 2 aromatic carbocycles. The molecule has 212 valence electrons. The molecule has 1 heterocycles. The molecule has 2 fully saturated rings. The molecule has 2 aromatic rings. The molecule has 1 amide bonds. The van der Waals surface area contributed by atoms with Crippen molar-refractivity contribution < 1.29 is 23.1 Å². The van der Waals surface area contributed by atoms with Crippen molar-refractivity contribution >= 4 is 45.1 Å². The third kappa shape index (κ3) is 6.29. The summed E-state index contributed by atoms with van der Waals surface area (Å²) in [4.78, 5) is 28.2. The van der Waals surface area contributed by atoms with Crippen LogP contribution < -0.4 is 0 Å². The van der Waals surface area contributed by atoms with E-state index >= 15 is 0 Å². The number of likely N-dealkylation sites (N-methyl/N-ethyl adjacent to an activating group) is 1. The molecule has 4 rings (SSSR count). The van der Waals surface area contributed by atoms with Crippen molar-refractivity contribution in [2.75, 3.05) is 13.6 Å². The Morgan fingerprint density at radius 3 is 2.28 bits per heavy atom. The fourth-order valence-electron chi connectivity index (χ4n) is 5.85. The van der Waals surface area contributed by atoms with E-state index < -0.39 is 33.5 Å². The Morgan fingerprint density at radius 2 is 1.74 bits per heavy atom. The van der Waals surface area contributed by atoms with Gasteiger partial charge in [0.05, 0.1) is 23.1 Å². The molecule has 7 nitrogen and oxygen atoms in total. The molecule has 4 atom stereocenters. The van der Waals surface area contributed by atoms with Gasteiger partial charge in [0.2, 0.25) is 15.9 Å². The fourth-order valence-corrected chi connectivity index (χ4v) is 7.78. The van der Waals surface area contributed by atoms with E-state index in [1.807, 2.05) is 44.2 Å². The highest BCUT2D eigenvalue weighted by atomic mass is 35.5. The summed E-state index contributed by atoms with van der Waals surface area (Å²) < 4.78 is 27.6. The molecule has 10 heteroatoms. The summed E-state index contributed by atoms with van der Waals surface area (Å²) in [5, 5.41) is 10.5. The van der Waals surface area contributed by atoms with Gasteiger partial charge in [-0.3, -0.25) is 9.59 Å². The minimum Gasteiger partial charge on any atom is -0.481 e. The molecule has 0 bridgehead atoms. The number of hydrogen-bond donors (Lipinski definition) is 1. The second-order valence-electron chi connectivity index (χ2n) is 11.5. The number of aliphatic carboxylic acids is 1. The maximum absolute atomic E-state index is 14.4. The van der Waals surface area contributed by atoms with E-state index in [1.165, 1.54) is 4.31 Å². The minimum atomic E-state index is -3.49. The van der Waals surface area contributed by atoms with Crippen molar-refractivity contribution in [1.82, 2.24) is 9.21 Å². The average Bonchev–Trinajstić information content (AvgIpc) is 3.70. The van der Waals surface area contributed by atoms with Gasteiger partial charge in [-0.05, 0) is 60.6 Å². The van der Waals surface area contributed by atoms with Gasteiger partial charge < -0.3 is 10.0 Å². The summed E-state index contributed by atoms with van der Waals surface area (Å²) in [7, 11) is -1.92. The molecule has 0 aromatic heterocycles. The van der Waals surface area contributed by atoms with E-state index in [2.05, 4.69) is 0 Å². The van der Waals surface area contributed by atoms with E-state index in [9.17, 15) is 23.1 Å². The van der Waals surface area contributed by atoms with Crippen molar-refractivity contribution in [2.24, 2.45) is 11.3 Å². The van der Waals surface area contributed by atoms with Crippen LogP contribution in [0.25, 0.3) is 0 Å². The monoisotopic (exact) mass is 594 g/mol. The number of halogens is 2. The van der Waals surface area contributed by atoms with Gasteiger partial charge in [0, 0.05) is 35.6 Å². The highest BCUT2D eigenvalue weighted by Gasteiger charge is 2.53. The number of carbonyl (C=O) groups is 2. The number of carbonyl (C=O) groups excluding carboxylic acids is 1. The lowest BCUT2D eigenvalue weighted by Crippen LogP contribution is -2.59. The predicted molar refractivity (Wildman–Crippen MR) is 153 cm³/mol. The van der Waals surface area contributed by atoms with Crippen molar-refractivity contribution in [2.45, 2.75) is 69.7 Å². The first-order valence-corrected chi connectivity index (χ1v) is 15.5. The molecule has 39 heavy (non-hydrogen) atoms. The molecule has 2 aliphatic rings. The lowest BCUT2D eigenvalue weighted by Gasteiger charge is -2.53. The largest absolute Gasteiger partial charge is 0.481 e. The number of piperidine rings is 1. The SMILES string of the molecule is CC(C)[C@@H](CN(C)S(=O)(=O)C1CC1)N1C(=O)[C@@](C)(CC(=O)O)C[C@H](c2cccc(Cl)c2)[C@H]1c1ccc(Cl)cc1. The van der Waals surface area contributed by atoms with Crippen LogP contribution in [0.5, 0.6) is 0 Å².